The molecule has 8 nitrogen and oxygen atoms in total. The topological polar surface area (TPSA) is 110 Å². The number of carbonyl (C=O) groups is 3. The highest BCUT2D eigenvalue weighted by atomic mass is 32.2. The second kappa shape index (κ2) is 7.16. The van der Waals surface area contributed by atoms with Crippen LogP contribution in [0.25, 0.3) is 0 Å². The van der Waals surface area contributed by atoms with Crippen molar-refractivity contribution in [1.82, 2.24) is 4.90 Å². The predicted molar refractivity (Wildman–Crippen MR) is 99.9 cm³/mol. The fourth-order valence-electron chi connectivity index (χ4n) is 3.31. The first-order valence-electron chi connectivity index (χ1n) is 8.33. The Kier molecular flexibility index (Phi) is 5.22. The summed E-state index contributed by atoms with van der Waals surface area (Å²) in [6.45, 7) is 1.36. The highest BCUT2D eigenvalue weighted by molar-refractivity contribution is 8.01. The molecule has 2 fully saturated rings. The van der Waals surface area contributed by atoms with E-state index in [0.717, 1.165) is 6.26 Å². The summed E-state index contributed by atoms with van der Waals surface area (Å²) in [5.41, 5.74) is 0.125. The van der Waals surface area contributed by atoms with E-state index in [2.05, 4.69) is 5.32 Å². The molecule has 0 unspecified atom stereocenters. The highest BCUT2D eigenvalue weighted by Crippen LogP contribution is 2.47. The molecule has 2 saturated heterocycles. The molecule has 1 aromatic rings. The lowest BCUT2D eigenvalue weighted by Crippen LogP contribution is -2.47. The molecule has 2 atom stereocenters. The van der Waals surface area contributed by atoms with Gasteiger partial charge in [-0.3, -0.25) is 9.59 Å². The summed E-state index contributed by atoms with van der Waals surface area (Å²) in [5, 5.41) is 2.44. The second-order valence-corrected chi connectivity index (χ2v) is 10.2. The number of fused-ring (bicyclic) bond motifs is 1. The first-order valence-corrected chi connectivity index (χ1v) is 11.2. The molecule has 1 N–H and O–H groups in total. The molecule has 146 valence electrons. The number of carbonyl (C=O) groups excluding carboxylic acids is 3. The van der Waals surface area contributed by atoms with Crippen LogP contribution in [0.5, 0.6) is 0 Å². The summed E-state index contributed by atoms with van der Waals surface area (Å²) in [6.07, 6.45) is 2.12. The van der Waals surface area contributed by atoms with E-state index in [1.54, 1.807) is 17.0 Å². The van der Waals surface area contributed by atoms with E-state index >= 15 is 0 Å². The van der Waals surface area contributed by atoms with Gasteiger partial charge in [0, 0.05) is 18.4 Å². The Labute approximate surface area is 161 Å². The Morgan fingerprint density at radius 1 is 1.37 bits per heavy atom. The van der Waals surface area contributed by atoms with Crippen LogP contribution in [-0.2, 0) is 29.0 Å². The molecular weight excluding hydrogens is 392 g/mol. The highest BCUT2D eigenvalue weighted by Gasteiger charge is 2.53. The third-order valence-corrected chi connectivity index (χ3v) is 7.28. The lowest BCUT2D eigenvalue weighted by Gasteiger charge is -2.29. The minimum Gasteiger partial charge on any atom is -0.454 e. The molecule has 0 radical (unpaired) electrons. The monoisotopic (exact) mass is 412 g/mol. The van der Waals surface area contributed by atoms with Crippen molar-refractivity contribution < 1.29 is 27.5 Å². The first kappa shape index (κ1) is 19.7. The van der Waals surface area contributed by atoms with Crippen molar-refractivity contribution in [3.63, 3.8) is 0 Å². The van der Waals surface area contributed by atoms with E-state index in [9.17, 15) is 22.8 Å². The molecule has 0 aliphatic carbocycles. The lowest BCUT2D eigenvalue weighted by molar-refractivity contribution is -0.155. The molecule has 0 bridgehead atoms. The number of nitrogens with one attached hydrogen (secondary N) is 1. The molecule has 27 heavy (non-hydrogen) atoms. The van der Waals surface area contributed by atoms with E-state index in [-0.39, 0.29) is 16.5 Å². The van der Waals surface area contributed by atoms with E-state index in [1.807, 2.05) is 6.92 Å². The van der Waals surface area contributed by atoms with E-state index in [0.29, 0.717) is 18.6 Å². The van der Waals surface area contributed by atoms with Crippen LogP contribution in [0, 0.1) is 0 Å². The van der Waals surface area contributed by atoms with Gasteiger partial charge >= 0.3 is 5.97 Å². The van der Waals surface area contributed by atoms with Crippen molar-refractivity contribution in [2.45, 2.75) is 35.6 Å². The lowest BCUT2D eigenvalue weighted by atomic mass is 10.2. The normalized spacial score (nSPS) is 24.6. The van der Waals surface area contributed by atoms with Crippen LogP contribution in [0.1, 0.15) is 19.8 Å². The van der Waals surface area contributed by atoms with E-state index < -0.39 is 39.2 Å². The zero-order chi connectivity index (χ0) is 19.8. The summed E-state index contributed by atoms with van der Waals surface area (Å²) >= 11 is 1.53. The number of nitrogens with zero attached hydrogens (tertiary/aromatic N) is 1. The molecule has 3 rings (SSSR count). The summed E-state index contributed by atoms with van der Waals surface area (Å²) in [6, 6.07) is 5.27. The average molecular weight is 412 g/mol. The van der Waals surface area contributed by atoms with Gasteiger partial charge < -0.3 is 15.0 Å². The smallest absolute Gasteiger partial charge is 0.330 e. The van der Waals surface area contributed by atoms with Gasteiger partial charge in [0.05, 0.1) is 15.5 Å². The Hall–Kier alpha value is -2.07. The van der Waals surface area contributed by atoms with Gasteiger partial charge in [0.25, 0.3) is 5.91 Å². The number of hydrogen-bond acceptors (Lipinski definition) is 7. The SMILES string of the molecule is C[C@]12CCC(=O)N1[C@@H](C(=O)OCC(=O)Nc1ccccc1S(C)(=O)=O)CS2. The second-order valence-electron chi connectivity index (χ2n) is 6.69. The summed E-state index contributed by atoms with van der Waals surface area (Å²) in [5.74, 6) is -0.941. The number of benzene rings is 1. The largest absolute Gasteiger partial charge is 0.454 e. The minimum absolute atomic E-state index is 0.0182. The van der Waals surface area contributed by atoms with Crippen molar-refractivity contribution in [3.8, 4) is 0 Å². The van der Waals surface area contributed by atoms with Crippen LogP contribution in [0.3, 0.4) is 0 Å². The van der Waals surface area contributed by atoms with Crippen molar-refractivity contribution in [2.24, 2.45) is 0 Å². The van der Waals surface area contributed by atoms with Gasteiger partial charge in [-0.15, -0.1) is 11.8 Å². The molecule has 2 aliphatic rings. The maximum atomic E-state index is 12.4. The number of sulfone groups is 1. The van der Waals surface area contributed by atoms with Crippen LogP contribution in [0.15, 0.2) is 29.2 Å². The van der Waals surface area contributed by atoms with Crippen LogP contribution in [-0.4, -0.2) is 60.6 Å². The van der Waals surface area contributed by atoms with Crippen LogP contribution < -0.4 is 5.32 Å². The zero-order valence-corrected chi connectivity index (χ0v) is 16.6. The molecule has 1 aromatic carbocycles. The van der Waals surface area contributed by atoms with Crippen molar-refractivity contribution in [3.05, 3.63) is 24.3 Å². The molecule has 0 aromatic heterocycles. The van der Waals surface area contributed by atoms with Gasteiger partial charge in [-0.05, 0) is 25.5 Å². The van der Waals surface area contributed by atoms with Gasteiger partial charge in [0.1, 0.15) is 6.04 Å². The van der Waals surface area contributed by atoms with Crippen molar-refractivity contribution in [1.29, 1.82) is 0 Å². The molecular formula is C17H20N2O6S2. The van der Waals surface area contributed by atoms with Crippen molar-refractivity contribution in [2.75, 3.05) is 23.9 Å². The minimum atomic E-state index is -3.52. The van der Waals surface area contributed by atoms with Gasteiger partial charge in [-0.2, -0.15) is 0 Å². The molecule has 10 heteroatoms. The molecule has 0 saturated carbocycles. The zero-order valence-electron chi connectivity index (χ0n) is 14.9. The summed E-state index contributed by atoms with van der Waals surface area (Å²) in [4.78, 5) is 37.6. The van der Waals surface area contributed by atoms with Crippen LogP contribution in [0.4, 0.5) is 5.69 Å². The Morgan fingerprint density at radius 2 is 2.07 bits per heavy atom. The van der Waals surface area contributed by atoms with Gasteiger partial charge in [0.15, 0.2) is 16.4 Å². The third-order valence-electron chi connectivity index (χ3n) is 4.62. The number of rotatable bonds is 5. The summed E-state index contributed by atoms with van der Waals surface area (Å²) in [7, 11) is -3.52. The Balaban J connectivity index is 1.61. The molecule has 2 heterocycles. The fraction of sp³-hybridized carbons (Fsp3) is 0.471. The van der Waals surface area contributed by atoms with Gasteiger partial charge in [0.2, 0.25) is 5.91 Å². The maximum Gasteiger partial charge on any atom is 0.330 e. The van der Waals surface area contributed by atoms with Crippen molar-refractivity contribution >= 4 is 45.1 Å². The Morgan fingerprint density at radius 3 is 2.78 bits per heavy atom. The fourth-order valence-corrected chi connectivity index (χ4v) is 5.57. The Bertz CT molecular complexity index is 900. The third kappa shape index (κ3) is 3.96. The van der Waals surface area contributed by atoms with E-state index in [4.69, 9.17) is 4.74 Å². The summed E-state index contributed by atoms with van der Waals surface area (Å²) < 4.78 is 28.6. The maximum absolute atomic E-state index is 12.4. The number of esters is 1. The number of hydrogen-bond donors (Lipinski definition) is 1. The number of thioether (sulfide) groups is 1. The average Bonchev–Trinajstić information content (AvgIpc) is 3.08. The number of para-hydroxylation sites is 1. The number of ether oxygens (including phenoxy) is 1. The number of amides is 2. The van der Waals surface area contributed by atoms with Gasteiger partial charge in [-0.25, -0.2) is 13.2 Å². The molecule has 2 aliphatic heterocycles. The van der Waals surface area contributed by atoms with E-state index in [1.165, 1.54) is 23.9 Å². The predicted octanol–water partition coefficient (Wildman–Crippen LogP) is 1.03. The molecule has 0 spiro atoms. The first-order chi connectivity index (χ1) is 12.6. The number of anilines is 1. The quantitative estimate of drug-likeness (QED) is 0.719. The van der Waals surface area contributed by atoms with Gasteiger partial charge in [-0.1, -0.05) is 12.1 Å². The molecule has 2 amide bonds. The van der Waals surface area contributed by atoms with Crippen LogP contribution in [0.2, 0.25) is 0 Å². The standard InChI is InChI=1S/C17H20N2O6S2/c1-17-8-7-15(21)19(17)12(10-26-17)16(22)25-9-14(20)18-11-5-3-4-6-13(11)27(2,23)24/h3-6,12H,7-10H2,1-2H3,(H,18,20)/t12-,17+/m1/s1. The van der Waals surface area contributed by atoms with Crippen LogP contribution >= 0.6 is 11.8 Å².